The Balaban J connectivity index is 2.20. The van der Waals surface area contributed by atoms with Gasteiger partial charge in [-0.3, -0.25) is 9.59 Å². The summed E-state index contributed by atoms with van der Waals surface area (Å²) in [7, 11) is 1.62. The number of ketones is 1. The summed E-state index contributed by atoms with van der Waals surface area (Å²) < 4.78 is 6.05. The van der Waals surface area contributed by atoms with Crippen LogP contribution in [0.1, 0.15) is 38.2 Å². The summed E-state index contributed by atoms with van der Waals surface area (Å²) in [5.41, 5.74) is 2.97. The van der Waals surface area contributed by atoms with Crippen LogP contribution in [0.15, 0.2) is 59.1 Å². The van der Waals surface area contributed by atoms with Gasteiger partial charge >= 0.3 is 0 Å². The van der Waals surface area contributed by atoms with E-state index in [-0.39, 0.29) is 23.2 Å². The van der Waals surface area contributed by atoms with Gasteiger partial charge in [0.15, 0.2) is 5.76 Å². The SMILES string of the molecule is CC(=O)N(C)c1c(C(=O)C(C)(C)C)oc2ncc(-c3ccc(Cl)cc3)c(-c3ccccc3Cl)c12. The molecule has 0 saturated heterocycles. The summed E-state index contributed by atoms with van der Waals surface area (Å²) in [5, 5.41) is 1.67. The number of aromatic nitrogens is 1. The standard InChI is InChI=1S/C27H24Cl2N2O3/c1-15(32)31(5)23-22-21(18-8-6-7-9-20(18)29)19(16-10-12-17(28)13-11-16)14-30-26(22)34-24(23)25(33)27(2,3)4/h6-14H,1-5H3. The average Bonchev–Trinajstić information content (AvgIpc) is 3.17. The molecule has 5 nitrogen and oxygen atoms in total. The van der Waals surface area contributed by atoms with E-state index in [2.05, 4.69) is 4.98 Å². The lowest BCUT2D eigenvalue weighted by Gasteiger charge is -2.20. The van der Waals surface area contributed by atoms with Crippen LogP contribution >= 0.6 is 23.2 Å². The van der Waals surface area contributed by atoms with E-state index in [0.717, 1.165) is 22.3 Å². The third-order valence-electron chi connectivity index (χ3n) is 5.69. The highest BCUT2D eigenvalue weighted by atomic mass is 35.5. The molecule has 0 bridgehead atoms. The summed E-state index contributed by atoms with van der Waals surface area (Å²) >= 11 is 12.8. The molecule has 0 radical (unpaired) electrons. The molecule has 34 heavy (non-hydrogen) atoms. The quantitative estimate of drug-likeness (QED) is 0.273. The highest BCUT2D eigenvalue weighted by Crippen LogP contribution is 2.47. The highest BCUT2D eigenvalue weighted by molar-refractivity contribution is 6.34. The zero-order valence-electron chi connectivity index (χ0n) is 19.6. The predicted molar refractivity (Wildman–Crippen MR) is 138 cm³/mol. The molecule has 2 heterocycles. The Labute approximate surface area is 208 Å². The maximum absolute atomic E-state index is 13.4. The van der Waals surface area contributed by atoms with Crippen molar-refractivity contribution in [3.8, 4) is 22.3 Å². The molecule has 0 saturated carbocycles. The van der Waals surface area contributed by atoms with Gasteiger partial charge in [-0.15, -0.1) is 0 Å². The first kappa shape index (κ1) is 24.0. The number of pyridine rings is 1. The van der Waals surface area contributed by atoms with Crippen LogP contribution in [0.25, 0.3) is 33.4 Å². The van der Waals surface area contributed by atoms with Crippen molar-refractivity contribution in [2.45, 2.75) is 27.7 Å². The molecular formula is C27H24Cl2N2O3. The average molecular weight is 495 g/mol. The molecule has 2 aromatic heterocycles. The van der Waals surface area contributed by atoms with Crippen molar-refractivity contribution in [2.24, 2.45) is 5.41 Å². The lowest BCUT2D eigenvalue weighted by atomic mass is 9.88. The number of nitrogens with zero attached hydrogens (tertiary/aromatic N) is 2. The molecule has 0 aliphatic heterocycles. The molecule has 0 atom stereocenters. The molecule has 0 aliphatic rings. The molecule has 1 amide bonds. The second kappa shape index (κ2) is 8.90. The lowest BCUT2D eigenvalue weighted by molar-refractivity contribution is -0.116. The Morgan fingerprint density at radius 3 is 2.21 bits per heavy atom. The normalized spacial score (nSPS) is 11.6. The van der Waals surface area contributed by atoms with Gasteiger partial charge in [-0.1, -0.05) is 74.3 Å². The fraction of sp³-hybridized carbons (Fsp3) is 0.222. The zero-order chi connectivity index (χ0) is 24.8. The Morgan fingerprint density at radius 2 is 1.62 bits per heavy atom. The minimum absolute atomic E-state index is 0.0919. The maximum atomic E-state index is 13.4. The number of hydrogen-bond acceptors (Lipinski definition) is 4. The molecule has 2 aromatic carbocycles. The molecule has 7 heteroatoms. The van der Waals surface area contributed by atoms with Crippen LogP contribution in [-0.2, 0) is 4.79 Å². The number of hydrogen-bond donors (Lipinski definition) is 0. The van der Waals surface area contributed by atoms with E-state index >= 15 is 0 Å². The van der Waals surface area contributed by atoms with Gasteiger partial charge < -0.3 is 9.32 Å². The Kier molecular flexibility index (Phi) is 6.28. The van der Waals surface area contributed by atoms with Crippen molar-refractivity contribution in [1.82, 2.24) is 4.98 Å². The fourth-order valence-corrected chi connectivity index (χ4v) is 4.17. The third kappa shape index (κ3) is 4.22. The minimum Gasteiger partial charge on any atom is -0.432 e. The molecule has 0 N–H and O–H groups in total. The van der Waals surface area contributed by atoms with Crippen LogP contribution in [0.4, 0.5) is 5.69 Å². The number of rotatable bonds is 4. The number of fused-ring (bicyclic) bond motifs is 1. The summed E-state index contributed by atoms with van der Waals surface area (Å²) in [6.45, 7) is 6.86. The van der Waals surface area contributed by atoms with Crippen molar-refractivity contribution in [1.29, 1.82) is 0 Å². The molecule has 174 valence electrons. The first-order valence-corrected chi connectivity index (χ1v) is 11.5. The van der Waals surface area contributed by atoms with Crippen LogP contribution in [0.3, 0.4) is 0 Å². The topological polar surface area (TPSA) is 63.4 Å². The van der Waals surface area contributed by atoms with Crippen molar-refractivity contribution in [3.05, 3.63) is 70.5 Å². The van der Waals surface area contributed by atoms with Crippen LogP contribution < -0.4 is 4.90 Å². The largest absolute Gasteiger partial charge is 0.432 e. The number of carbonyl (C=O) groups is 2. The van der Waals surface area contributed by atoms with E-state index in [4.69, 9.17) is 27.6 Å². The molecule has 4 aromatic rings. The van der Waals surface area contributed by atoms with Gasteiger partial charge in [-0.2, -0.15) is 0 Å². The first-order valence-electron chi connectivity index (χ1n) is 10.8. The van der Waals surface area contributed by atoms with Gasteiger partial charge in [-0.05, 0) is 23.8 Å². The summed E-state index contributed by atoms with van der Waals surface area (Å²) in [6, 6.07) is 14.8. The Bertz CT molecular complexity index is 1420. The molecule has 0 fully saturated rings. The number of halogens is 2. The minimum atomic E-state index is -0.732. The fourth-order valence-electron chi connectivity index (χ4n) is 3.81. The second-order valence-electron chi connectivity index (χ2n) is 9.15. The molecule has 0 spiro atoms. The number of Topliss-reactive ketones (excluding diaryl/α,β-unsaturated/α-hetero) is 1. The van der Waals surface area contributed by atoms with Gasteiger partial charge in [0.2, 0.25) is 17.4 Å². The second-order valence-corrected chi connectivity index (χ2v) is 9.99. The van der Waals surface area contributed by atoms with E-state index in [1.54, 1.807) is 31.4 Å². The van der Waals surface area contributed by atoms with Crippen molar-refractivity contribution in [3.63, 3.8) is 0 Å². The first-order chi connectivity index (χ1) is 16.0. The Hall–Kier alpha value is -3.15. The summed E-state index contributed by atoms with van der Waals surface area (Å²) in [4.78, 5) is 31.9. The number of benzene rings is 2. The molecule has 4 rings (SSSR count). The molecular weight excluding hydrogens is 471 g/mol. The van der Waals surface area contributed by atoms with E-state index in [0.29, 0.717) is 21.1 Å². The highest BCUT2D eigenvalue weighted by Gasteiger charge is 2.34. The van der Waals surface area contributed by atoms with Crippen molar-refractivity contribution < 1.29 is 14.0 Å². The summed E-state index contributed by atoms with van der Waals surface area (Å²) in [5.74, 6) is -0.381. The van der Waals surface area contributed by atoms with Crippen LogP contribution in [-0.4, -0.2) is 23.7 Å². The van der Waals surface area contributed by atoms with E-state index < -0.39 is 5.41 Å². The Morgan fingerprint density at radius 1 is 0.971 bits per heavy atom. The van der Waals surface area contributed by atoms with E-state index in [1.165, 1.54) is 11.8 Å². The number of carbonyl (C=O) groups excluding carboxylic acids is 2. The number of anilines is 1. The van der Waals surface area contributed by atoms with Gasteiger partial charge in [0.1, 0.15) is 5.69 Å². The number of furan rings is 1. The molecule has 0 aliphatic carbocycles. The smallest absolute Gasteiger partial charge is 0.229 e. The zero-order valence-corrected chi connectivity index (χ0v) is 21.1. The monoisotopic (exact) mass is 494 g/mol. The van der Waals surface area contributed by atoms with Crippen LogP contribution in [0, 0.1) is 5.41 Å². The van der Waals surface area contributed by atoms with E-state index in [1.807, 2.05) is 51.1 Å². The third-order valence-corrected chi connectivity index (χ3v) is 6.27. The summed E-state index contributed by atoms with van der Waals surface area (Å²) in [6.07, 6.45) is 1.69. The van der Waals surface area contributed by atoms with Crippen LogP contribution in [0.2, 0.25) is 10.0 Å². The van der Waals surface area contributed by atoms with Gasteiger partial charge in [0.05, 0.1) is 5.39 Å². The maximum Gasteiger partial charge on any atom is 0.229 e. The van der Waals surface area contributed by atoms with E-state index in [9.17, 15) is 9.59 Å². The lowest BCUT2D eigenvalue weighted by Crippen LogP contribution is -2.27. The van der Waals surface area contributed by atoms with Gasteiger partial charge in [0, 0.05) is 52.3 Å². The van der Waals surface area contributed by atoms with Crippen molar-refractivity contribution >= 4 is 51.7 Å². The van der Waals surface area contributed by atoms with Gasteiger partial charge in [-0.25, -0.2) is 4.98 Å². The van der Waals surface area contributed by atoms with Crippen molar-refractivity contribution in [2.75, 3.05) is 11.9 Å². The van der Waals surface area contributed by atoms with Gasteiger partial charge in [0.25, 0.3) is 0 Å². The number of amides is 1. The molecule has 0 unspecified atom stereocenters. The predicted octanol–water partition coefficient (Wildman–Crippen LogP) is 7.68. The van der Waals surface area contributed by atoms with Crippen LogP contribution in [0.5, 0.6) is 0 Å².